The fraction of sp³-hybridized carbons (Fsp3) is 0.495. The van der Waals surface area contributed by atoms with Crippen LogP contribution in [0.1, 0.15) is 96.9 Å². The molecule has 3 amide bonds. The molecule has 0 aliphatic carbocycles. The van der Waals surface area contributed by atoms with Gasteiger partial charge in [0.15, 0.2) is 16.8 Å². The number of rotatable bonds is 22. The third-order valence-electron chi connectivity index (χ3n) is 26.7. The van der Waals surface area contributed by atoms with Crippen molar-refractivity contribution in [3.63, 3.8) is 0 Å². The standard InChI is InChI=1S/C35H41F2N7O2.C33H38FN7OS.C28H31ClF4N8O2.CH4.2H2S/c1-24-8-5-9-25-10-6-11-30(32(24)25)42-15-13-28-29(21-42)39-34(46-22-26-18-35(2,37)23-41(26)4)40-33(28)43-16-17-44(27(20-43)19-38-3)31(45)12-7-14-36;1-22-8-5-9-24-10-6-12-29(30(22)24)39-15-13-27-28(20-39)36-33(43-21-25-11-7-14-38(25)4)37-31(27)40-16-17-41(32(42)23(2)34)26(19-40)18-35-3;1-17(30)26(42)41-10-9-40(14-19(41)11-34-2)25-20-6-8-39(23-13-35-12-21(29)24(23)28(31,32)33)15-22(20)36-27(37-25)43-16-18-5-4-7-38(18)3;;;/h5-12,26-27H,13-23H2,1-2,4H3;5-6,8-10,12,25-26H,2,7,11,13-21H2,1,4H3;12-13,18-19H,1,4-11,14-16H2,3H3;1H4;2*1H2/b12-7+;;;;;/t26-,27-,35?;25-,26-;18-,19-;;;/m000.../s1. The number of likely N-dealkylation sites (N-methyl/N-ethyl adjacent to an activating group) is 2. The van der Waals surface area contributed by atoms with Gasteiger partial charge in [-0.05, 0) is 140 Å². The molecule has 4 aromatic heterocycles. The van der Waals surface area contributed by atoms with Gasteiger partial charge in [-0.1, -0.05) is 105 Å². The number of carbonyl (C=O) groups is 3. The summed E-state index contributed by atoms with van der Waals surface area (Å²) in [6.45, 7) is 43.4. The number of aryl methyl sites for hydroxylation is 2. The number of hydrogen-bond donors (Lipinski definition) is 0. The van der Waals surface area contributed by atoms with Gasteiger partial charge in [0.25, 0.3) is 11.8 Å². The topological polar surface area (TPSA) is 212 Å². The molecule has 27 nitrogen and oxygen atoms in total. The summed E-state index contributed by atoms with van der Waals surface area (Å²) in [5, 5.41) is 5.20. The lowest BCUT2D eigenvalue weighted by Gasteiger charge is -2.41. The second-order valence-corrected chi connectivity index (χ2v) is 37.0. The minimum absolute atomic E-state index is 0. The summed E-state index contributed by atoms with van der Waals surface area (Å²) in [5.74, 6) is -0.840. The van der Waals surface area contributed by atoms with Crippen LogP contribution in [0.15, 0.2) is 127 Å². The number of benzene rings is 4. The van der Waals surface area contributed by atoms with Crippen LogP contribution in [0.2, 0.25) is 5.02 Å². The van der Waals surface area contributed by atoms with E-state index < -0.39 is 64.7 Å². The maximum absolute atomic E-state index is 14.8. The Kier molecular flexibility index (Phi) is 34.6. The molecular formula is C97H118ClF7N22O5S3. The van der Waals surface area contributed by atoms with Crippen LogP contribution in [0.3, 0.4) is 0 Å². The number of likely N-dealkylation sites (tertiary alicyclic amines) is 3. The fourth-order valence-corrected chi connectivity index (χ4v) is 21.3. The number of ether oxygens (including phenoxy) is 2. The predicted octanol–water partition coefficient (Wildman–Crippen LogP) is 14.7. The molecule has 7 atom stereocenters. The molecular weight excluding hydrogens is 1820 g/mol. The zero-order chi connectivity index (χ0) is 93.4. The van der Waals surface area contributed by atoms with Crippen LogP contribution in [-0.2, 0) is 59.5 Å². The van der Waals surface area contributed by atoms with E-state index in [1.807, 2.05) is 23.9 Å². The molecule has 8 aromatic rings. The summed E-state index contributed by atoms with van der Waals surface area (Å²) in [7, 11) is 6.11. The molecule has 9 aliphatic rings. The minimum Gasteiger partial charge on any atom is -0.462 e. The number of halogens is 8. The van der Waals surface area contributed by atoms with Crippen molar-refractivity contribution in [3.05, 3.63) is 212 Å². The first-order chi connectivity index (χ1) is 63.5. The van der Waals surface area contributed by atoms with E-state index in [9.17, 15) is 45.1 Å². The van der Waals surface area contributed by atoms with Gasteiger partial charge in [0.05, 0.1) is 53.6 Å². The first-order valence-electron chi connectivity index (χ1n) is 44.9. The lowest BCUT2D eigenvalue weighted by atomic mass is 9.99. The molecule has 4 aromatic carbocycles. The van der Waals surface area contributed by atoms with Crippen molar-refractivity contribution < 1.29 is 54.6 Å². The molecule has 720 valence electrons. The summed E-state index contributed by atoms with van der Waals surface area (Å²) < 4.78 is 109. The number of pyridine rings is 1. The molecule has 6 saturated heterocycles. The van der Waals surface area contributed by atoms with E-state index in [0.717, 1.165) is 114 Å². The lowest BCUT2D eigenvalue weighted by molar-refractivity contribution is -0.137. The van der Waals surface area contributed by atoms with Crippen LogP contribution < -0.4 is 38.9 Å². The summed E-state index contributed by atoms with van der Waals surface area (Å²) in [4.78, 5) is 105. The SMILES string of the molecule is C.S.S.[C-]#[N+]C[C@H]1CN(c2nc(OC[C@@H]3CC(C)(F)CN3C)nc3c2CCN(c2cccc4cccc(C)c24)C3)CCN1C(=O)/C=C/CF.[C-]#[N+]C[C@H]1CN(c2nc(OC[C@@H]3CCCN3C)nc3c2CCN(c2cncc(Cl)c2C(F)(F)F)C3)CCN1C(=O)C(=C)F.[C-]#[N+]C[C@H]1CN(c2nc(SC[C@@H]3CCCN3C)nc3c2CCN(c2cccc4cccc(C)c24)C3)CCN1C(=O)C(=C)F. The molecule has 1 unspecified atom stereocenters. The Morgan fingerprint density at radius 3 is 1.41 bits per heavy atom. The van der Waals surface area contributed by atoms with Gasteiger partial charge < -0.3 is 77.9 Å². The second kappa shape index (κ2) is 45.3. The molecule has 0 spiro atoms. The van der Waals surface area contributed by atoms with Gasteiger partial charge in [-0.25, -0.2) is 47.2 Å². The summed E-state index contributed by atoms with van der Waals surface area (Å²) in [5.41, 5.74) is 7.79. The largest absolute Gasteiger partial charge is 0.462 e. The lowest BCUT2D eigenvalue weighted by Crippen LogP contribution is -2.57. The second-order valence-electron chi connectivity index (χ2n) is 35.6. The van der Waals surface area contributed by atoms with Gasteiger partial charge in [0.2, 0.25) is 25.5 Å². The first kappa shape index (κ1) is 103. The van der Waals surface area contributed by atoms with E-state index in [1.165, 1.54) is 73.2 Å². The monoisotopic (exact) mass is 1930 g/mol. The van der Waals surface area contributed by atoms with E-state index in [4.69, 9.17) is 65.7 Å². The number of aromatic nitrogens is 7. The van der Waals surface area contributed by atoms with Gasteiger partial charge in [-0.15, -0.1) is 0 Å². The number of nitrogens with zero attached hydrogens (tertiary/aromatic N) is 22. The van der Waals surface area contributed by atoms with Crippen molar-refractivity contribution in [1.82, 2.24) is 64.3 Å². The van der Waals surface area contributed by atoms with Crippen LogP contribution >= 0.6 is 50.4 Å². The Balaban J connectivity index is 0.000000180. The van der Waals surface area contributed by atoms with Gasteiger partial charge in [0, 0.05) is 166 Å². The normalized spacial score (nSPS) is 21.3. The Bertz CT molecular complexity index is 5800. The van der Waals surface area contributed by atoms with Crippen LogP contribution in [0.5, 0.6) is 12.0 Å². The molecule has 9 aliphatic heterocycles. The Morgan fingerprint density at radius 2 is 0.985 bits per heavy atom. The molecule has 0 radical (unpaired) electrons. The summed E-state index contributed by atoms with van der Waals surface area (Å²) in [6.07, 6.45) is 6.48. The number of piperazine rings is 3. The number of allylic oxidation sites excluding steroid dienone is 1. The number of anilines is 6. The van der Waals surface area contributed by atoms with Crippen molar-refractivity contribution in [2.75, 3.05) is 194 Å². The fourth-order valence-electron chi connectivity index (χ4n) is 20.0. The van der Waals surface area contributed by atoms with Gasteiger partial charge in [-0.2, -0.15) is 60.1 Å². The number of carbonyl (C=O) groups excluding carboxylic acids is 3. The van der Waals surface area contributed by atoms with Crippen molar-refractivity contribution >= 4 is 124 Å². The van der Waals surface area contributed by atoms with E-state index in [1.54, 1.807) is 28.5 Å². The summed E-state index contributed by atoms with van der Waals surface area (Å²) in [6, 6.07) is 25.2. The average molecular weight is 1940 g/mol. The first-order valence-corrected chi connectivity index (χ1v) is 46.2. The highest BCUT2D eigenvalue weighted by molar-refractivity contribution is 7.99. The predicted molar refractivity (Wildman–Crippen MR) is 526 cm³/mol. The van der Waals surface area contributed by atoms with Crippen molar-refractivity contribution in [2.24, 2.45) is 0 Å². The van der Waals surface area contributed by atoms with Crippen molar-refractivity contribution in [2.45, 2.75) is 152 Å². The highest BCUT2D eigenvalue weighted by atomic mass is 35.5. The molecule has 6 fully saturated rings. The third kappa shape index (κ3) is 23.5. The minimum atomic E-state index is -4.69. The quantitative estimate of drug-likeness (QED) is 0.0203. The number of thioether (sulfide) groups is 1. The van der Waals surface area contributed by atoms with Crippen molar-refractivity contribution in [1.29, 1.82) is 0 Å². The Morgan fingerprint density at radius 1 is 0.556 bits per heavy atom. The van der Waals surface area contributed by atoms with E-state index in [0.29, 0.717) is 109 Å². The van der Waals surface area contributed by atoms with Crippen LogP contribution in [0.4, 0.5) is 65.2 Å². The van der Waals surface area contributed by atoms with E-state index in [-0.39, 0.29) is 129 Å². The zero-order valence-electron chi connectivity index (χ0n) is 76.3. The Labute approximate surface area is 808 Å². The van der Waals surface area contributed by atoms with Gasteiger partial charge >= 0.3 is 18.2 Å². The zero-order valence-corrected chi connectivity index (χ0v) is 79.8. The number of fused-ring (bicyclic) bond motifs is 5. The smallest absolute Gasteiger partial charge is 0.419 e. The van der Waals surface area contributed by atoms with Gasteiger partial charge in [0.1, 0.15) is 66.7 Å². The van der Waals surface area contributed by atoms with Crippen molar-refractivity contribution in [3.8, 4) is 12.0 Å². The van der Waals surface area contributed by atoms with Gasteiger partial charge in [-0.3, -0.25) is 24.3 Å². The third-order valence-corrected chi connectivity index (χ3v) is 28.0. The molecule has 13 heterocycles. The van der Waals surface area contributed by atoms with Crippen LogP contribution in [0, 0.1) is 33.6 Å². The summed E-state index contributed by atoms with van der Waals surface area (Å²) >= 11 is 7.66. The van der Waals surface area contributed by atoms with Crippen LogP contribution in [-0.4, -0.2) is 289 Å². The van der Waals surface area contributed by atoms with E-state index >= 15 is 0 Å². The molecule has 17 rings (SSSR count). The maximum Gasteiger partial charge on any atom is 0.419 e. The molecule has 0 bridgehead atoms. The number of alkyl halides is 5. The molecule has 0 saturated carbocycles. The maximum atomic E-state index is 14.8. The number of hydrogen-bond acceptors (Lipinski definition) is 22. The van der Waals surface area contributed by atoms with E-state index in [2.05, 4.69) is 161 Å². The Hall–Kier alpha value is -11.0. The number of amides is 3. The average Bonchev–Trinajstić information content (AvgIpc) is 0.788. The molecule has 38 heteroatoms. The highest BCUT2D eigenvalue weighted by Crippen LogP contribution is 2.45. The molecule has 0 N–H and O–H groups in total. The van der Waals surface area contributed by atoms with Crippen LogP contribution in [0.25, 0.3) is 36.1 Å². The highest BCUT2D eigenvalue weighted by Gasteiger charge is 2.45. The molecule has 135 heavy (non-hydrogen) atoms.